The quantitative estimate of drug-likeness (QED) is 0.362. The van der Waals surface area contributed by atoms with Crippen molar-refractivity contribution in [2.75, 3.05) is 13.1 Å². The zero-order valence-electron chi connectivity index (χ0n) is 12.7. The number of hydrogen-bond acceptors (Lipinski definition) is 1. The second-order valence-electron chi connectivity index (χ2n) is 5.11. The molecule has 0 aromatic heterocycles. The third kappa shape index (κ3) is 15.5. The maximum Gasteiger partial charge on any atom is 0.0214 e. The molecule has 0 radical (unpaired) electrons. The lowest BCUT2D eigenvalue weighted by Crippen LogP contribution is -2.16. The summed E-state index contributed by atoms with van der Waals surface area (Å²) in [6, 6.07) is 0. The van der Waals surface area contributed by atoms with Gasteiger partial charge in [-0.1, -0.05) is 64.7 Å². The first kappa shape index (κ1) is 17.5. The van der Waals surface area contributed by atoms with Crippen LogP contribution in [0.15, 0.2) is 0 Å². The second kappa shape index (κ2) is 16.5. The number of hydrogen-bond donors (Lipinski definition) is 1. The fourth-order valence-corrected chi connectivity index (χ4v) is 2.14. The van der Waals surface area contributed by atoms with Crippen LogP contribution in [0.5, 0.6) is 0 Å². The van der Waals surface area contributed by atoms with Gasteiger partial charge in [-0.25, -0.2) is 0 Å². The molecule has 0 aliphatic heterocycles. The topological polar surface area (TPSA) is 12.0 Å². The summed E-state index contributed by atoms with van der Waals surface area (Å²) in [5, 5.41) is 3.44. The maximum absolute atomic E-state index is 3.44. The van der Waals surface area contributed by atoms with E-state index in [1.54, 1.807) is 0 Å². The summed E-state index contributed by atoms with van der Waals surface area (Å²) in [7, 11) is 0. The van der Waals surface area contributed by atoms with Gasteiger partial charge < -0.3 is 5.32 Å². The first-order chi connectivity index (χ1) is 8.91. The average molecular weight is 251 g/mol. The molecule has 0 aliphatic carbocycles. The van der Waals surface area contributed by atoms with Gasteiger partial charge in [0.25, 0.3) is 0 Å². The first-order valence-electron chi connectivity index (χ1n) is 8.02. The Morgan fingerprint density at radius 3 is 1.83 bits per heavy atom. The van der Waals surface area contributed by atoms with Gasteiger partial charge in [0.2, 0.25) is 0 Å². The number of unbranched alkanes of at least 4 members (excludes halogenated alkanes) is 9. The summed E-state index contributed by atoms with van der Waals surface area (Å²) < 4.78 is 0. The fraction of sp³-hybridized carbons (Fsp3) is 0.882. The third-order valence-corrected chi connectivity index (χ3v) is 3.31. The summed E-state index contributed by atoms with van der Waals surface area (Å²) in [6.07, 6.45) is 15.2. The Labute approximate surface area is 115 Å². The molecule has 1 heteroatoms. The fourth-order valence-electron chi connectivity index (χ4n) is 2.14. The molecule has 0 atom stereocenters. The van der Waals surface area contributed by atoms with Crippen LogP contribution < -0.4 is 5.32 Å². The highest BCUT2D eigenvalue weighted by atomic mass is 14.8. The molecule has 0 unspecified atom stereocenters. The van der Waals surface area contributed by atoms with Gasteiger partial charge >= 0.3 is 0 Å². The summed E-state index contributed by atoms with van der Waals surface area (Å²) in [6.45, 7) is 6.41. The van der Waals surface area contributed by atoms with E-state index in [1.807, 2.05) is 6.92 Å². The molecule has 1 N–H and O–H groups in total. The molecule has 106 valence electrons. The van der Waals surface area contributed by atoms with E-state index in [9.17, 15) is 0 Å². The molecule has 0 aliphatic rings. The SMILES string of the molecule is CC#CCCNCCCCCCCCCCCC. The predicted octanol–water partition coefficient (Wildman–Crippen LogP) is 4.91. The predicted molar refractivity (Wildman–Crippen MR) is 82.8 cm³/mol. The van der Waals surface area contributed by atoms with Crippen LogP contribution in [0.2, 0.25) is 0 Å². The van der Waals surface area contributed by atoms with Crippen molar-refractivity contribution in [3.05, 3.63) is 0 Å². The molecule has 0 saturated carbocycles. The van der Waals surface area contributed by atoms with E-state index in [4.69, 9.17) is 0 Å². The van der Waals surface area contributed by atoms with Gasteiger partial charge in [0, 0.05) is 13.0 Å². The van der Waals surface area contributed by atoms with E-state index in [2.05, 4.69) is 24.1 Å². The molecule has 0 aromatic rings. The van der Waals surface area contributed by atoms with E-state index in [-0.39, 0.29) is 0 Å². The highest BCUT2D eigenvalue weighted by Gasteiger charge is 1.92. The van der Waals surface area contributed by atoms with Crippen LogP contribution in [0.25, 0.3) is 0 Å². The Balaban J connectivity index is 2.92. The third-order valence-electron chi connectivity index (χ3n) is 3.31. The van der Waals surface area contributed by atoms with Crippen molar-refractivity contribution < 1.29 is 0 Å². The smallest absolute Gasteiger partial charge is 0.0214 e. The molecule has 0 rings (SSSR count). The van der Waals surface area contributed by atoms with Gasteiger partial charge in [-0.05, 0) is 19.9 Å². The molecular weight excluding hydrogens is 218 g/mol. The lowest BCUT2D eigenvalue weighted by Gasteiger charge is -2.03. The lowest BCUT2D eigenvalue weighted by atomic mass is 10.1. The molecule has 0 fully saturated rings. The largest absolute Gasteiger partial charge is 0.316 e. The zero-order valence-corrected chi connectivity index (χ0v) is 12.7. The van der Waals surface area contributed by atoms with Crippen LogP contribution in [0.4, 0.5) is 0 Å². The van der Waals surface area contributed by atoms with Crippen LogP contribution in [0.1, 0.15) is 84.5 Å². The maximum atomic E-state index is 3.44. The van der Waals surface area contributed by atoms with Crippen LogP contribution in [-0.4, -0.2) is 13.1 Å². The highest BCUT2D eigenvalue weighted by molar-refractivity contribution is 4.94. The van der Waals surface area contributed by atoms with Crippen LogP contribution >= 0.6 is 0 Å². The molecule has 0 bridgehead atoms. The molecule has 0 saturated heterocycles. The van der Waals surface area contributed by atoms with Gasteiger partial charge in [0.1, 0.15) is 0 Å². The summed E-state index contributed by atoms with van der Waals surface area (Å²) in [4.78, 5) is 0. The van der Waals surface area contributed by atoms with Crippen LogP contribution in [0, 0.1) is 11.8 Å². The minimum absolute atomic E-state index is 0.994. The van der Waals surface area contributed by atoms with E-state index in [1.165, 1.54) is 70.8 Å². The van der Waals surface area contributed by atoms with Crippen LogP contribution in [0.3, 0.4) is 0 Å². The monoisotopic (exact) mass is 251 g/mol. The van der Waals surface area contributed by atoms with Gasteiger partial charge in [-0.15, -0.1) is 11.8 Å². The summed E-state index contributed by atoms with van der Waals surface area (Å²) in [5.41, 5.74) is 0. The molecule has 1 nitrogen and oxygen atoms in total. The molecule has 0 amide bonds. The molecule has 18 heavy (non-hydrogen) atoms. The lowest BCUT2D eigenvalue weighted by molar-refractivity contribution is 0.545. The molecule has 0 heterocycles. The number of rotatable bonds is 13. The highest BCUT2D eigenvalue weighted by Crippen LogP contribution is 2.10. The summed E-state index contributed by atoms with van der Waals surface area (Å²) >= 11 is 0. The van der Waals surface area contributed by atoms with E-state index >= 15 is 0 Å². The van der Waals surface area contributed by atoms with E-state index < -0.39 is 0 Å². The number of nitrogens with one attached hydrogen (secondary N) is 1. The van der Waals surface area contributed by atoms with Gasteiger partial charge in [0.05, 0.1) is 0 Å². The van der Waals surface area contributed by atoms with Crippen molar-refractivity contribution >= 4 is 0 Å². The zero-order chi connectivity index (χ0) is 13.3. The van der Waals surface area contributed by atoms with Crippen molar-refractivity contribution in [3.8, 4) is 11.8 Å². The second-order valence-corrected chi connectivity index (χ2v) is 5.11. The van der Waals surface area contributed by atoms with Crippen molar-refractivity contribution in [3.63, 3.8) is 0 Å². The van der Waals surface area contributed by atoms with Crippen molar-refractivity contribution in [1.29, 1.82) is 0 Å². The minimum Gasteiger partial charge on any atom is -0.316 e. The van der Waals surface area contributed by atoms with Crippen LogP contribution in [-0.2, 0) is 0 Å². The Morgan fingerprint density at radius 1 is 0.722 bits per heavy atom. The van der Waals surface area contributed by atoms with E-state index in [0.717, 1.165) is 13.0 Å². The summed E-state index contributed by atoms with van der Waals surface area (Å²) in [5.74, 6) is 6.00. The van der Waals surface area contributed by atoms with Gasteiger partial charge in [-0.3, -0.25) is 0 Å². The minimum atomic E-state index is 0.994. The van der Waals surface area contributed by atoms with Gasteiger partial charge in [-0.2, -0.15) is 0 Å². The Hall–Kier alpha value is -0.480. The Bertz CT molecular complexity index is 199. The molecule has 0 spiro atoms. The van der Waals surface area contributed by atoms with Crippen molar-refractivity contribution in [2.24, 2.45) is 0 Å². The molecular formula is C17H33N. The standard InChI is InChI=1S/C17H33N/c1-3-5-7-8-9-10-11-12-13-15-17-18-16-14-6-4-2/h18H,3,5,7-17H2,1-2H3. The van der Waals surface area contributed by atoms with Crippen molar-refractivity contribution in [2.45, 2.75) is 84.5 Å². The normalized spacial score (nSPS) is 10.1. The Kier molecular flexibility index (Phi) is 16.1. The first-order valence-corrected chi connectivity index (χ1v) is 8.02. The van der Waals surface area contributed by atoms with Crippen molar-refractivity contribution in [1.82, 2.24) is 5.32 Å². The Morgan fingerprint density at radius 2 is 1.28 bits per heavy atom. The van der Waals surface area contributed by atoms with E-state index in [0.29, 0.717) is 0 Å². The average Bonchev–Trinajstić information content (AvgIpc) is 2.39. The molecule has 0 aromatic carbocycles. The van der Waals surface area contributed by atoms with Gasteiger partial charge in [0.15, 0.2) is 0 Å².